The van der Waals surface area contributed by atoms with Gasteiger partial charge in [-0.1, -0.05) is 0 Å². The zero-order chi connectivity index (χ0) is 14.5. The molecular weight excluding hydrogens is 308 g/mol. The van der Waals surface area contributed by atoms with Gasteiger partial charge in [0.2, 0.25) is 0 Å². The lowest BCUT2D eigenvalue weighted by molar-refractivity contribution is -0.139. The Labute approximate surface area is 119 Å². The summed E-state index contributed by atoms with van der Waals surface area (Å²) >= 11 is 2.25. The van der Waals surface area contributed by atoms with Crippen molar-refractivity contribution in [1.82, 2.24) is 4.72 Å². The fourth-order valence-corrected chi connectivity index (χ4v) is 4.05. The van der Waals surface area contributed by atoms with Gasteiger partial charge in [0.25, 0.3) is 10.0 Å². The van der Waals surface area contributed by atoms with Crippen LogP contribution in [0.1, 0.15) is 11.3 Å². The van der Waals surface area contributed by atoms with Crippen molar-refractivity contribution in [2.75, 3.05) is 12.0 Å². The maximum atomic E-state index is 12.0. The molecule has 0 saturated carbocycles. The summed E-state index contributed by atoms with van der Waals surface area (Å²) in [6, 6.07) is 3.35. The van der Waals surface area contributed by atoms with Crippen molar-refractivity contribution < 1.29 is 18.3 Å². The van der Waals surface area contributed by atoms with E-state index in [0.717, 1.165) is 11.3 Å². The second-order valence-corrected chi connectivity index (χ2v) is 7.53. The number of carbonyl (C=O) groups is 1. The lowest BCUT2D eigenvalue weighted by Crippen LogP contribution is -2.40. The number of aliphatic carboxylic acids is 1. The standard InChI is InChI=1S/C10H12N2O4S3/c1-17-5-4-8(10(13)14)12-19(15,16)9-3-2-7(6-11)18-9/h2-3,8,12H,4-5H2,1H3,(H,13,14). The van der Waals surface area contributed by atoms with Gasteiger partial charge in [-0.3, -0.25) is 4.79 Å². The number of sulfonamides is 1. The second-order valence-electron chi connectivity index (χ2n) is 3.52. The van der Waals surface area contributed by atoms with Crippen molar-refractivity contribution in [2.45, 2.75) is 16.7 Å². The summed E-state index contributed by atoms with van der Waals surface area (Å²) in [5.74, 6) is -0.678. The predicted octanol–water partition coefficient (Wildman–Crippen LogP) is 1.10. The van der Waals surface area contributed by atoms with Crippen molar-refractivity contribution in [3.05, 3.63) is 17.0 Å². The Hall–Kier alpha value is -1.08. The Kier molecular flexibility index (Phi) is 5.81. The number of thiophene rings is 1. The van der Waals surface area contributed by atoms with Crippen LogP contribution in [-0.2, 0) is 14.8 Å². The van der Waals surface area contributed by atoms with Crippen molar-refractivity contribution in [3.63, 3.8) is 0 Å². The van der Waals surface area contributed by atoms with Crippen LogP contribution >= 0.6 is 23.1 Å². The van der Waals surface area contributed by atoms with Gasteiger partial charge in [-0.05, 0) is 30.6 Å². The normalized spacial score (nSPS) is 12.8. The fourth-order valence-electron chi connectivity index (χ4n) is 1.24. The molecule has 1 heterocycles. The second kappa shape index (κ2) is 6.91. The number of rotatable bonds is 7. The molecule has 1 atom stereocenters. The van der Waals surface area contributed by atoms with E-state index < -0.39 is 22.0 Å². The minimum Gasteiger partial charge on any atom is -0.480 e. The number of hydrogen-bond donors (Lipinski definition) is 2. The van der Waals surface area contributed by atoms with Crippen LogP contribution in [0.2, 0.25) is 0 Å². The summed E-state index contributed by atoms with van der Waals surface area (Å²) < 4.78 is 26.0. The molecule has 1 unspecified atom stereocenters. The van der Waals surface area contributed by atoms with E-state index >= 15 is 0 Å². The molecule has 1 rings (SSSR count). The van der Waals surface area contributed by atoms with Crippen LogP contribution in [0.25, 0.3) is 0 Å². The van der Waals surface area contributed by atoms with Gasteiger partial charge in [-0.25, -0.2) is 8.42 Å². The van der Waals surface area contributed by atoms with E-state index in [4.69, 9.17) is 10.4 Å². The Balaban J connectivity index is 2.88. The summed E-state index contributed by atoms with van der Waals surface area (Å²) in [7, 11) is -3.90. The molecule has 0 fully saturated rings. The molecule has 1 aromatic rings. The Morgan fingerprint density at radius 3 is 2.79 bits per heavy atom. The third kappa shape index (κ3) is 4.50. The van der Waals surface area contributed by atoms with Gasteiger partial charge in [-0.15, -0.1) is 11.3 Å². The molecule has 0 spiro atoms. The maximum Gasteiger partial charge on any atom is 0.321 e. The minimum atomic E-state index is -3.90. The van der Waals surface area contributed by atoms with Gasteiger partial charge in [-0.2, -0.15) is 21.7 Å². The Morgan fingerprint density at radius 2 is 2.32 bits per heavy atom. The van der Waals surface area contributed by atoms with Crippen molar-refractivity contribution in [1.29, 1.82) is 5.26 Å². The van der Waals surface area contributed by atoms with E-state index in [-0.39, 0.29) is 15.5 Å². The SMILES string of the molecule is CSCCC(NS(=O)(=O)c1ccc(C#N)s1)C(=O)O. The molecule has 0 amide bonds. The zero-order valence-corrected chi connectivity index (χ0v) is 12.4. The number of nitriles is 1. The van der Waals surface area contributed by atoms with Crippen molar-refractivity contribution in [2.24, 2.45) is 0 Å². The number of carboxylic acid groups (broad SMARTS) is 1. The average Bonchev–Trinajstić information content (AvgIpc) is 2.83. The first-order valence-corrected chi connectivity index (χ1v) is 8.84. The first-order chi connectivity index (χ1) is 8.90. The Bertz CT molecular complexity index is 588. The van der Waals surface area contributed by atoms with Gasteiger partial charge in [0.05, 0.1) is 0 Å². The lowest BCUT2D eigenvalue weighted by atomic mass is 10.2. The molecule has 6 nitrogen and oxygen atoms in total. The quantitative estimate of drug-likeness (QED) is 0.779. The molecule has 0 radical (unpaired) electrons. The number of thioether (sulfide) groups is 1. The highest BCUT2D eigenvalue weighted by atomic mass is 32.2. The van der Waals surface area contributed by atoms with E-state index in [1.807, 2.05) is 12.3 Å². The summed E-state index contributed by atoms with van der Waals surface area (Å²) in [6.07, 6.45) is 2.01. The summed E-state index contributed by atoms with van der Waals surface area (Å²) in [4.78, 5) is 11.3. The first kappa shape index (κ1) is 16.0. The first-order valence-electron chi connectivity index (χ1n) is 5.14. The van der Waals surface area contributed by atoms with Crippen LogP contribution in [0.15, 0.2) is 16.3 Å². The van der Waals surface area contributed by atoms with E-state index in [1.165, 1.54) is 23.9 Å². The molecule has 0 aliphatic heterocycles. The van der Waals surface area contributed by atoms with Gasteiger partial charge < -0.3 is 5.11 Å². The number of nitrogens with zero attached hydrogens (tertiary/aromatic N) is 1. The van der Waals surface area contributed by atoms with E-state index in [9.17, 15) is 13.2 Å². The molecule has 9 heteroatoms. The van der Waals surface area contributed by atoms with Gasteiger partial charge in [0.1, 0.15) is 21.2 Å². The van der Waals surface area contributed by atoms with Crippen LogP contribution in [0.4, 0.5) is 0 Å². The van der Waals surface area contributed by atoms with E-state index in [1.54, 1.807) is 0 Å². The van der Waals surface area contributed by atoms with Crippen LogP contribution < -0.4 is 4.72 Å². The third-order valence-corrected chi connectivity index (χ3v) is 5.76. The van der Waals surface area contributed by atoms with Gasteiger partial charge in [0.15, 0.2) is 0 Å². The van der Waals surface area contributed by atoms with Crippen LogP contribution in [-0.4, -0.2) is 37.5 Å². The Morgan fingerprint density at radius 1 is 1.63 bits per heavy atom. The molecule has 0 bridgehead atoms. The fraction of sp³-hybridized carbons (Fsp3) is 0.400. The molecule has 1 aromatic heterocycles. The van der Waals surface area contributed by atoms with Crippen molar-refractivity contribution in [3.8, 4) is 6.07 Å². The van der Waals surface area contributed by atoms with Crippen LogP contribution in [0, 0.1) is 11.3 Å². The summed E-state index contributed by atoms with van der Waals surface area (Å²) in [5, 5.41) is 17.6. The zero-order valence-electron chi connectivity index (χ0n) is 9.99. The molecule has 0 aliphatic carbocycles. The number of hydrogen-bond acceptors (Lipinski definition) is 6. The van der Waals surface area contributed by atoms with Crippen molar-refractivity contribution >= 4 is 39.1 Å². The summed E-state index contributed by atoms with van der Waals surface area (Å²) in [5.41, 5.74) is 0. The number of nitrogens with one attached hydrogen (secondary N) is 1. The minimum absolute atomic E-state index is 0.0561. The lowest BCUT2D eigenvalue weighted by Gasteiger charge is -2.13. The van der Waals surface area contributed by atoms with Crippen LogP contribution in [0.3, 0.4) is 0 Å². The molecule has 2 N–H and O–H groups in total. The summed E-state index contributed by atoms with van der Waals surface area (Å²) in [6.45, 7) is 0. The largest absolute Gasteiger partial charge is 0.480 e. The molecule has 104 valence electrons. The predicted molar refractivity (Wildman–Crippen MR) is 73.8 cm³/mol. The smallest absolute Gasteiger partial charge is 0.321 e. The monoisotopic (exact) mass is 320 g/mol. The van der Waals surface area contributed by atoms with E-state index in [2.05, 4.69) is 4.72 Å². The maximum absolute atomic E-state index is 12.0. The highest BCUT2D eigenvalue weighted by molar-refractivity contribution is 7.98. The molecule has 0 aliphatic rings. The van der Waals surface area contributed by atoms with Gasteiger partial charge >= 0.3 is 5.97 Å². The molecule has 0 aromatic carbocycles. The third-order valence-electron chi connectivity index (χ3n) is 2.16. The van der Waals surface area contributed by atoms with Gasteiger partial charge in [0, 0.05) is 0 Å². The number of carboxylic acids is 1. The molecular formula is C10H12N2O4S3. The van der Waals surface area contributed by atoms with E-state index in [0.29, 0.717) is 5.75 Å². The highest BCUT2D eigenvalue weighted by Gasteiger charge is 2.26. The highest BCUT2D eigenvalue weighted by Crippen LogP contribution is 2.21. The molecule has 0 saturated heterocycles. The average molecular weight is 320 g/mol. The van der Waals surface area contributed by atoms with Crippen LogP contribution in [0.5, 0.6) is 0 Å². The molecule has 19 heavy (non-hydrogen) atoms. The topological polar surface area (TPSA) is 107 Å².